The van der Waals surface area contributed by atoms with Crippen molar-refractivity contribution in [3.8, 4) is 0 Å². The number of benzene rings is 1. The Hall–Kier alpha value is -1.39. The first-order valence-electron chi connectivity index (χ1n) is 4.11. The van der Waals surface area contributed by atoms with Gasteiger partial charge in [0.15, 0.2) is 5.78 Å². The predicted molar refractivity (Wildman–Crippen MR) is 58.4 cm³/mol. The molecule has 2 N–H and O–H groups in total. The van der Waals surface area contributed by atoms with Crippen molar-refractivity contribution in [2.75, 3.05) is 13.7 Å². The Kier molecular flexibility index (Phi) is 5.59. The molecule has 0 saturated carbocycles. The number of ether oxygens (including phenoxy) is 1. The summed E-state index contributed by atoms with van der Waals surface area (Å²) in [5.41, 5.74) is 5.78. The highest BCUT2D eigenvalue weighted by Gasteiger charge is 2.15. The first kappa shape index (κ1) is 13.6. The summed E-state index contributed by atoms with van der Waals surface area (Å²) in [7, 11) is 1.27. The fourth-order valence-electron chi connectivity index (χ4n) is 1.12. The quantitative estimate of drug-likeness (QED) is 0.621. The molecule has 0 atom stereocenters. The van der Waals surface area contributed by atoms with E-state index in [1.165, 1.54) is 13.2 Å². The van der Waals surface area contributed by atoms with Crippen LogP contribution >= 0.6 is 12.4 Å². The van der Waals surface area contributed by atoms with Crippen molar-refractivity contribution >= 4 is 24.2 Å². The molecule has 82 valence electrons. The van der Waals surface area contributed by atoms with Crippen LogP contribution in [-0.2, 0) is 4.74 Å². The molecule has 1 rings (SSSR count). The van der Waals surface area contributed by atoms with Crippen LogP contribution in [0.2, 0.25) is 0 Å². The first-order valence-corrected chi connectivity index (χ1v) is 4.11. The zero-order chi connectivity index (χ0) is 10.6. The second kappa shape index (κ2) is 6.16. The van der Waals surface area contributed by atoms with E-state index in [1.807, 2.05) is 0 Å². The van der Waals surface area contributed by atoms with Gasteiger partial charge in [0.05, 0.1) is 19.2 Å². The van der Waals surface area contributed by atoms with E-state index in [4.69, 9.17) is 5.73 Å². The monoisotopic (exact) mass is 229 g/mol. The van der Waals surface area contributed by atoms with Gasteiger partial charge in [-0.2, -0.15) is 0 Å². The minimum atomic E-state index is -0.526. The molecule has 0 spiro atoms. The number of carbonyl (C=O) groups is 2. The van der Waals surface area contributed by atoms with Crippen molar-refractivity contribution in [2.24, 2.45) is 5.73 Å². The minimum Gasteiger partial charge on any atom is -0.465 e. The van der Waals surface area contributed by atoms with Gasteiger partial charge in [0, 0.05) is 5.56 Å². The maximum Gasteiger partial charge on any atom is 0.338 e. The minimum absolute atomic E-state index is 0. The van der Waals surface area contributed by atoms with Crippen LogP contribution in [0.4, 0.5) is 0 Å². The molecule has 0 radical (unpaired) electrons. The van der Waals surface area contributed by atoms with Gasteiger partial charge in [-0.25, -0.2) is 4.79 Å². The summed E-state index contributed by atoms with van der Waals surface area (Å²) in [6.45, 7) is -0.117. The zero-order valence-corrected chi connectivity index (χ0v) is 9.04. The molecule has 0 aliphatic rings. The van der Waals surface area contributed by atoms with Crippen molar-refractivity contribution in [1.82, 2.24) is 0 Å². The molecule has 0 amide bonds. The van der Waals surface area contributed by atoms with Crippen LogP contribution in [0, 0.1) is 0 Å². The number of nitrogens with two attached hydrogens (primary N) is 1. The van der Waals surface area contributed by atoms with Crippen LogP contribution in [0.3, 0.4) is 0 Å². The van der Waals surface area contributed by atoms with Gasteiger partial charge >= 0.3 is 5.97 Å². The molecule has 1 aromatic carbocycles. The van der Waals surface area contributed by atoms with Gasteiger partial charge < -0.3 is 10.5 Å². The van der Waals surface area contributed by atoms with E-state index in [9.17, 15) is 9.59 Å². The van der Waals surface area contributed by atoms with E-state index in [2.05, 4.69) is 4.74 Å². The van der Waals surface area contributed by atoms with E-state index < -0.39 is 5.97 Å². The Morgan fingerprint density at radius 1 is 1.27 bits per heavy atom. The van der Waals surface area contributed by atoms with Crippen LogP contribution < -0.4 is 5.73 Å². The number of esters is 1. The Morgan fingerprint density at radius 2 is 1.80 bits per heavy atom. The lowest BCUT2D eigenvalue weighted by Crippen LogP contribution is -2.17. The normalized spacial score (nSPS) is 8.93. The van der Waals surface area contributed by atoms with Gasteiger partial charge in [0.25, 0.3) is 0 Å². The molecule has 0 saturated heterocycles. The SMILES string of the molecule is COC(=O)c1ccccc1C(=O)CN.Cl. The van der Waals surface area contributed by atoms with Crippen molar-refractivity contribution in [3.63, 3.8) is 0 Å². The largest absolute Gasteiger partial charge is 0.465 e. The molecule has 0 heterocycles. The molecule has 0 aromatic heterocycles. The lowest BCUT2D eigenvalue weighted by Gasteiger charge is -2.04. The number of hydrogen-bond donors (Lipinski definition) is 1. The molecule has 0 aliphatic heterocycles. The maximum atomic E-state index is 11.3. The van der Waals surface area contributed by atoms with Gasteiger partial charge in [-0.1, -0.05) is 18.2 Å². The average Bonchev–Trinajstić information content (AvgIpc) is 2.27. The van der Waals surface area contributed by atoms with E-state index in [1.54, 1.807) is 18.2 Å². The van der Waals surface area contributed by atoms with Crippen LogP contribution in [0.5, 0.6) is 0 Å². The lowest BCUT2D eigenvalue weighted by atomic mass is 10.0. The second-order valence-corrected chi connectivity index (χ2v) is 2.66. The van der Waals surface area contributed by atoms with Crippen LogP contribution in [0.25, 0.3) is 0 Å². The fraction of sp³-hybridized carbons (Fsp3) is 0.200. The third-order valence-corrected chi connectivity index (χ3v) is 1.82. The van der Waals surface area contributed by atoms with Crippen molar-refractivity contribution in [3.05, 3.63) is 35.4 Å². The number of carbonyl (C=O) groups excluding carboxylic acids is 2. The standard InChI is InChI=1S/C10H11NO3.ClH/c1-14-10(13)8-5-3-2-4-7(8)9(12)6-11;/h2-5H,6,11H2,1H3;1H. The topological polar surface area (TPSA) is 69.4 Å². The predicted octanol–water partition coefficient (Wildman–Crippen LogP) is 1.04. The molecule has 0 aliphatic carbocycles. The summed E-state index contributed by atoms with van der Waals surface area (Å²) in [5.74, 6) is -0.798. The van der Waals surface area contributed by atoms with Gasteiger partial charge in [-0.3, -0.25) is 4.79 Å². The Bertz CT molecular complexity index is 330. The summed E-state index contributed by atoms with van der Waals surface area (Å²) in [6.07, 6.45) is 0. The average molecular weight is 230 g/mol. The number of Topliss-reactive ketones (excluding diaryl/α,β-unsaturated/α-hetero) is 1. The van der Waals surface area contributed by atoms with Crippen LogP contribution in [-0.4, -0.2) is 25.4 Å². The highest BCUT2D eigenvalue weighted by atomic mass is 35.5. The van der Waals surface area contributed by atoms with Crippen LogP contribution in [0.1, 0.15) is 20.7 Å². The van der Waals surface area contributed by atoms with Crippen molar-refractivity contribution in [1.29, 1.82) is 0 Å². The lowest BCUT2D eigenvalue weighted by molar-refractivity contribution is 0.0597. The number of rotatable bonds is 3. The molecule has 0 unspecified atom stereocenters. The summed E-state index contributed by atoms with van der Waals surface area (Å²) < 4.78 is 4.54. The Labute approximate surface area is 93.8 Å². The molecule has 4 nitrogen and oxygen atoms in total. The van der Waals surface area contributed by atoms with Crippen molar-refractivity contribution < 1.29 is 14.3 Å². The number of hydrogen-bond acceptors (Lipinski definition) is 4. The maximum absolute atomic E-state index is 11.3. The van der Waals surface area contributed by atoms with E-state index in [0.717, 1.165) is 0 Å². The Morgan fingerprint density at radius 3 is 2.27 bits per heavy atom. The molecular weight excluding hydrogens is 218 g/mol. The molecule has 0 fully saturated rings. The first-order chi connectivity index (χ1) is 6.70. The van der Waals surface area contributed by atoms with Crippen molar-refractivity contribution in [2.45, 2.75) is 0 Å². The van der Waals surface area contributed by atoms with E-state index >= 15 is 0 Å². The fourth-order valence-corrected chi connectivity index (χ4v) is 1.12. The second-order valence-electron chi connectivity index (χ2n) is 2.66. The van der Waals surface area contributed by atoms with Gasteiger partial charge in [-0.15, -0.1) is 12.4 Å². The molecule has 1 aromatic rings. The zero-order valence-electron chi connectivity index (χ0n) is 8.23. The highest BCUT2D eigenvalue weighted by Crippen LogP contribution is 2.10. The summed E-state index contributed by atoms with van der Waals surface area (Å²) >= 11 is 0. The highest BCUT2D eigenvalue weighted by molar-refractivity contribution is 6.07. The summed E-state index contributed by atoms with van der Waals surface area (Å²) in [6, 6.07) is 6.44. The smallest absolute Gasteiger partial charge is 0.338 e. The van der Waals surface area contributed by atoms with E-state index in [0.29, 0.717) is 5.56 Å². The van der Waals surface area contributed by atoms with Gasteiger partial charge in [0.1, 0.15) is 0 Å². The third-order valence-electron chi connectivity index (χ3n) is 1.82. The van der Waals surface area contributed by atoms with Gasteiger partial charge in [-0.05, 0) is 6.07 Å². The molecular formula is C10H12ClNO3. The molecule has 5 heteroatoms. The number of halogens is 1. The number of ketones is 1. The van der Waals surface area contributed by atoms with Gasteiger partial charge in [0.2, 0.25) is 0 Å². The number of methoxy groups -OCH3 is 1. The third kappa shape index (κ3) is 3.04. The molecule has 15 heavy (non-hydrogen) atoms. The molecule has 0 bridgehead atoms. The summed E-state index contributed by atoms with van der Waals surface area (Å²) in [5, 5.41) is 0. The Balaban J connectivity index is 0.00000196. The summed E-state index contributed by atoms with van der Waals surface area (Å²) in [4.78, 5) is 22.6. The van der Waals surface area contributed by atoms with E-state index in [-0.39, 0.29) is 30.3 Å². The van der Waals surface area contributed by atoms with Crippen LogP contribution in [0.15, 0.2) is 24.3 Å².